The van der Waals surface area contributed by atoms with E-state index in [1.165, 1.54) is 12.3 Å². The summed E-state index contributed by atoms with van der Waals surface area (Å²) in [5, 5.41) is 14.5. The molecule has 0 aliphatic carbocycles. The van der Waals surface area contributed by atoms with E-state index in [-0.39, 0.29) is 23.8 Å². The molecule has 0 radical (unpaired) electrons. The Morgan fingerprint density at radius 1 is 1.50 bits per heavy atom. The summed E-state index contributed by atoms with van der Waals surface area (Å²) < 4.78 is 37.4. The highest BCUT2D eigenvalue weighted by Crippen LogP contribution is 2.22. The van der Waals surface area contributed by atoms with Crippen LogP contribution in [0.25, 0.3) is 0 Å². The lowest BCUT2D eigenvalue weighted by atomic mass is 10.2. The molecule has 0 amide bonds. The van der Waals surface area contributed by atoms with Crippen molar-refractivity contribution in [3.05, 3.63) is 17.8 Å². The molecular weight excluding hydrogens is 247 g/mol. The average molecular weight is 261 g/mol. The molecule has 0 fully saturated rings. The van der Waals surface area contributed by atoms with Gasteiger partial charge in [0.2, 0.25) is 0 Å². The van der Waals surface area contributed by atoms with Gasteiger partial charge in [-0.3, -0.25) is 5.41 Å². The van der Waals surface area contributed by atoms with Crippen LogP contribution in [0.5, 0.6) is 0 Å². The van der Waals surface area contributed by atoms with Gasteiger partial charge in [-0.2, -0.15) is 18.3 Å². The number of aromatic nitrogens is 2. The van der Waals surface area contributed by atoms with Gasteiger partial charge in [0.25, 0.3) is 0 Å². The van der Waals surface area contributed by atoms with Gasteiger partial charge in [0.1, 0.15) is 12.4 Å². The lowest BCUT2D eigenvalue weighted by molar-refractivity contribution is -0.119. The fourth-order valence-electron chi connectivity index (χ4n) is 1.51. The number of nitrogen functional groups attached to an aromatic ring is 1. The molecule has 0 atom stereocenters. The summed E-state index contributed by atoms with van der Waals surface area (Å²) in [5.41, 5.74) is 5.48. The van der Waals surface area contributed by atoms with Crippen molar-refractivity contribution in [1.82, 2.24) is 10.2 Å². The fraction of sp³-hybridized carbons (Fsp3) is 0.500. The Morgan fingerprint density at radius 3 is 2.67 bits per heavy atom. The Labute approximate surface area is 102 Å². The van der Waals surface area contributed by atoms with Gasteiger partial charge in [-0.1, -0.05) is 6.92 Å². The van der Waals surface area contributed by atoms with Crippen molar-refractivity contribution >= 4 is 11.7 Å². The Kier molecular flexibility index (Phi) is 4.46. The van der Waals surface area contributed by atoms with Crippen molar-refractivity contribution in [3.8, 4) is 0 Å². The molecule has 0 saturated carbocycles. The minimum absolute atomic E-state index is 0.0100. The van der Waals surface area contributed by atoms with E-state index in [9.17, 15) is 13.2 Å². The normalized spacial score (nSPS) is 11.3. The predicted octanol–water partition coefficient (Wildman–Crippen LogP) is 1.54. The molecule has 0 aliphatic heterocycles. The largest absolute Gasteiger partial charge is 0.405 e. The summed E-state index contributed by atoms with van der Waals surface area (Å²) in [5.74, 6) is -0.340. The zero-order valence-electron chi connectivity index (χ0n) is 9.83. The predicted molar refractivity (Wildman–Crippen MR) is 61.6 cm³/mol. The van der Waals surface area contributed by atoms with Crippen LogP contribution in [0, 0.1) is 5.41 Å². The first kappa shape index (κ1) is 14.2. The van der Waals surface area contributed by atoms with Crippen molar-refractivity contribution in [3.63, 3.8) is 0 Å². The molecule has 1 rings (SSSR count). The Morgan fingerprint density at radius 2 is 2.17 bits per heavy atom. The summed E-state index contributed by atoms with van der Waals surface area (Å²) in [6.45, 7) is 0.783. The molecule has 0 unspecified atom stereocenters. The topological polar surface area (TPSA) is 78.9 Å². The summed E-state index contributed by atoms with van der Waals surface area (Å²) in [4.78, 5) is 1.03. The highest BCUT2D eigenvalue weighted by molar-refractivity contribution is 5.99. The van der Waals surface area contributed by atoms with Crippen LogP contribution in [-0.2, 0) is 0 Å². The van der Waals surface area contributed by atoms with Crippen LogP contribution in [0.15, 0.2) is 12.3 Å². The molecule has 0 saturated heterocycles. The molecular formula is C10H14F3N5. The highest BCUT2D eigenvalue weighted by atomic mass is 19.4. The van der Waals surface area contributed by atoms with Crippen LogP contribution in [0.2, 0.25) is 0 Å². The second-order valence-corrected chi connectivity index (χ2v) is 3.72. The first-order valence-corrected chi connectivity index (χ1v) is 5.33. The van der Waals surface area contributed by atoms with E-state index in [1.807, 2.05) is 0 Å². The van der Waals surface area contributed by atoms with Crippen LogP contribution in [0.3, 0.4) is 0 Å². The lowest BCUT2D eigenvalue weighted by Gasteiger charge is -2.25. The zero-order chi connectivity index (χ0) is 13.8. The number of alkyl halides is 3. The van der Waals surface area contributed by atoms with Crippen LogP contribution in [0.1, 0.15) is 18.9 Å². The summed E-state index contributed by atoms with van der Waals surface area (Å²) in [6, 6.07) is 1.38. The average Bonchev–Trinajstić information content (AvgIpc) is 2.26. The maximum atomic E-state index is 12.5. The van der Waals surface area contributed by atoms with Gasteiger partial charge in [0.05, 0.1) is 11.8 Å². The summed E-state index contributed by atoms with van der Waals surface area (Å²) >= 11 is 0. The number of rotatable bonds is 5. The number of nitrogens with zero attached hydrogens (tertiary/aromatic N) is 3. The van der Waals surface area contributed by atoms with Crippen molar-refractivity contribution in [2.24, 2.45) is 5.73 Å². The Hall–Kier alpha value is -1.86. The maximum Gasteiger partial charge on any atom is 0.405 e. The van der Waals surface area contributed by atoms with Gasteiger partial charge in [-0.25, -0.2) is 0 Å². The van der Waals surface area contributed by atoms with E-state index in [1.54, 1.807) is 6.92 Å². The van der Waals surface area contributed by atoms with E-state index in [2.05, 4.69) is 10.2 Å². The van der Waals surface area contributed by atoms with E-state index < -0.39 is 12.7 Å². The van der Waals surface area contributed by atoms with E-state index in [0.717, 1.165) is 4.90 Å². The molecule has 1 aromatic heterocycles. The van der Waals surface area contributed by atoms with Crippen LogP contribution < -0.4 is 10.6 Å². The van der Waals surface area contributed by atoms with Crippen LogP contribution >= 0.6 is 0 Å². The molecule has 0 aromatic carbocycles. The number of hydrogen-bond donors (Lipinski definition) is 2. The Bertz CT molecular complexity index is 418. The van der Waals surface area contributed by atoms with Crippen LogP contribution in [0.4, 0.5) is 19.0 Å². The quantitative estimate of drug-likeness (QED) is 0.622. The van der Waals surface area contributed by atoms with Gasteiger partial charge >= 0.3 is 6.18 Å². The monoisotopic (exact) mass is 261 g/mol. The van der Waals surface area contributed by atoms with Crippen molar-refractivity contribution in [2.75, 3.05) is 18.0 Å². The molecule has 18 heavy (non-hydrogen) atoms. The molecule has 0 bridgehead atoms. The number of amidine groups is 1. The molecule has 0 spiro atoms. The lowest BCUT2D eigenvalue weighted by Crippen LogP contribution is -2.37. The van der Waals surface area contributed by atoms with E-state index >= 15 is 0 Å². The third kappa shape index (κ3) is 3.86. The van der Waals surface area contributed by atoms with Gasteiger partial charge in [0.15, 0.2) is 5.82 Å². The molecule has 100 valence electrons. The van der Waals surface area contributed by atoms with Crippen molar-refractivity contribution in [2.45, 2.75) is 19.5 Å². The van der Waals surface area contributed by atoms with E-state index in [4.69, 9.17) is 11.1 Å². The van der Waals surface area contributed by atoms with E-state index in [0.29, 0.717) is 6.42 Å². The van der Waals surface area contributed by atoms with Crippen molar-refractivity contribution in [1.29, 1.82) is 5.41 Å². The summed E-state index contributed by atoms with van der Waals surface area (Å²) in [7, 11) is 0. The zero-order valence-corrected chi connectivity index (χ0v) is 9.83. The molecule has 1 aromatic rings. The Balaban J connectivity index is 3.09. The first-order chi connectivity index (χ1) is 8.35. The van der Waals surface area contributed by atoms with Crippen molar-refractivity contribution < 1.29 is 13.2 Å². The second-order valence-electron chi connectivity index (χ2n) is 3.72. The molecule has 1 heterocycles. The molecule has 8 heteroatoms. The number of hydrogen-bond acceptors (Lipinski definition) is 4. The third-order valence-electron chi connectivity index (χ3n) is 2.15. The number of nitrogens with two attached hydrogens (primary N) is 1. The smallest absolute Gasteiger partial charge is 0.384 e. The molecule has 0 aliphatic rings. The maximum absolute atomic E-state index is 12.5. The van der Waals surface area contributed by atoms with Gasteiger partial charge < -0.3 is 10.6 Å². The van der Waals surface area contributed by atoms with Gasteiger partial charge in [0, 0.05) is 6.54 Å². The number of halogens is 3. The SMILES string of the molecule is CCCN(CC(F)(F)F)c1nnccc1C(=N)N. The minimum atomic E-state index is -4.35. The molecule has 3 N–H and O–H groups in total. The number of nitrogens with one attached hydrogen (secondary N) is 1. The second kappa shape index (κ2) is 5.65. The first-order valence-electron chi connectivity index (χ1n) is 5.33. The third-order valence-corrected chi connectivity index (χ3v) is 2.15. The van der Waals surface area contributed by atoms with Gasteiger partial charge in [-0.15, -0.1) is 5.10 Å². The molecule has 5 nitrogen and oxygen atoms in total. The highest BCUT2D eigenvalue weighted by Gasteiger charge is 2.32. The number of anilines is 1. The van der Waals surface area contributed by atoms with Crippen LogP contribution in [-0.4, -0.2) is 35.3 Å². The standard InChI is InChI=1S/C10H14F3N5/c1-2-5-18(6-10(11,12)13)9-7(8(14)15)3-4-16-17-9/h3-4H,2,5-6H2,1H3,(H3,14,15). The fourth-order valence-corrected chi connectivity index (χ4v) is 1.51. The summed E-state index contributed by atoms with van der Waals surface area (Å²) in [6.07, 6.45) is -2.54. The van der Waals surface area contributed by atoms with Gasteiger partial charge in [-0.05, 0) is 12.5 Å². The minimum Gasteiger partial charge on any atom is -0.384 e.